The van der Waals surface area contributed by atoms with Crippen LogP contribution >= 0.6 is 15.9 Å². The molecule has 7 nitrogen and oxygen atoms in total. The van der Waals surface area contributed by atoms with Crippen LogP contribution < -0.4 is 10.1 Å². The average Bonchev–Trinajstić information content (AvgIpc) is 3.24. The number of hydrogen-bond donors (Lipinski definition) is 1. The van der Waals surface area contributed by atoms with Crippen LogP contribution in [-0.4, -0.2) is 35.9 Å². The molecule has 32 heavy (non-hydrogen) atoms. The van der Waals surface area contributed by atoms with Crippen molar-refractivity contribution >= 4 is 27.8 Å². The molecule has 0 fully saturated rings. The maximum absolute atomic E-state index is 12.6. The minimum atomic E-state index is -0.683. The maximum Gasteiger partial charge on any atom is 0.336 e. The fourth-order valence-electron chi connectivity index (χ4n) is 3.85. The van der Waals surface area contributed by atoms with E-state index in [1.165, 1.54) is 7.11 Å². The predicted molar refractivity (Wildman–Crippen MR) is 123 cm³/mol. The number of benzene rings is 2. The van der Waals surface area contributed by atoms with E-state index in [2.05, 4.69) is 21.2 Å². The minimum Gasteiger partial charge on any atom is -0.496 e. The third-order valence-corrected chi connectivity index (χ3v) is 6.00. The SMILES string of the molecule is COC(=O)C1=C(C)CC(=O)NC1c1cn(-c2ccccc2)nc1-c1ccc(OC)c(Br)c1. The highest BCUT2D eigenvalue weighted by Gasteiger charge is 2.34. The monoisotopic (exact) mass is 495 g/mol. The van der Waals surface area contributed by atoms with Gasteiger partial charge in [0, 0.05) is 23.7 Å². The number of carbonyl (C=O) groups excluding carboxylic acids is 2. The third-order valence-electron chi connectivity index (χ3n) is 5.38. The van der Waals surface area contributed by atoms with Crippen LogP contribution in [-0.2, 0) is 14.3 Å². The molecule has 1 aliphatic rings. The Labute approximate surface area is 194 Å². The molecule has 2 heterocycles. The zero-order chi connectivity index (χ0) is 22.8. The highest BCUT2D eigenvalue weighted by atomic mass is 79.9. The Morgan fingerprint density at radius 3 is 2.59 bits per heavy atom. The van der Waals surface area contributed by atoms with Crippen molar-refractivity contribution < 1.29 is 19.1 Å². The number of amides is 1. The van der Waals surface area contributed by atoms with Crippen molar-refractivity contribution in [1.82, 2.24) is 15.1 Å². The summed E-state index contributed by atoms with van der Waals surface area (Å²) in [5.41, 5.74) is 4.10. The molecule has 0 spiro atoms. The Hall–Kier alpha value is -3.39. The molecule has 0 saturated carbocycles. The summed E-state index contributed by atoms with van der Waals surface area (Å²) in [5, 5.41) is 7.77. The smallest absolute Gasteiger partial charge is 0.336 e. The van der Waals surface area contributed by atoms with Crippen LogP contribution in [0.2, 0.25) is 0 Å². The fourth-order valence-corrected chi connectivity index (χ4v) is 4.39. The Kier molecular flexibility index (Phi) is 6.14. The summed E-state index contributed by atoms with van der Waals surface area (Å²) >= 11 is 3.53. The summed E-state index contributed by atoms with van der Waals surface area (Å²) in [6.07, 6.45) is 1.99. The van der Waals surface area contributed by atoms with Crippen LogP contribution in [0, 0.1) is 0 Å². The van der Waals surface area contributed by atoms with E-state index in [1.807, 2.05) is 54.7 Å². The second-order valence-electron chi connectivity index (χ2n) is 7.43. The molecule has 1 N–H and O–H groups in total. The number of nitrogens with zero attached hydrogens (tertiary/aromatic N) is 2. The van der Waals surface area contributed by atoms with E-state index in [1.54, 1.807) is 18.7 Å². The zero-order valence-electron chi connectivity index (χ0n) is 17.9. The van der Waals surface area contributed by atoms with Crippen molar-refractivity contribution in [2.24, 2.45) is 0 Å². The van der Waals surface area contributed by atoms with Crippen molar-refractivity contribution in [1.29, 1.82) is 0 Å². The van der Waals surface area contributed by atoms with Gasteiger partial charge in [-0.25, -0.2) is 9.48 Å². The van der Waals surface area contributed by atoms with Crippen molar-refractivity contribution in [2.45, 2.75) is 19.4 Å². The number of aromatic nitrogens is 2. The van der Waals surface area contributed by atoms with Crippen LogP contribution in [0.15, 0.2) is 70.3 Å². The lowest BCUT2D eigenvalue weighted by Gasteiger charge is -2.27. The van der Waals surface area contributed by atoms with Gasteiger partial charge in [-0.2, -0.15) is 5.10 Å². The van der Waals surface area contributed by atoms with E-state index >= 15 is 0 Å². The van der Waals surface area contributed by atoms with Crippen LogP contribution in [0.1, 0.15) is 24.9 Å². The Balaban J connectivity index is 1.93. The van der Waals surface area contributed by atoms with Crippen LogP contribution in [0.25, 0.3) is 16.9 Å². The highest BCUT2D eigenvalue weighted by molar-refractivity contribution is 9.10. The molecule has 164 valence electrons. The first-order chi connectivity index (χ1) is 15.4. The van der Waals surface area contributed by atoms with Crippen LogP contribution in [0.5, 0.6) is 5.75 Å². The van der Waals surface area contributed by atoms with Gasteiger partial charge in [0.25, 0.3) is 0 Å². The predicted octanol–water partition coefficient (Wildman–Crippen LogP) is 4.36. The minimum absolute atomic E-state index is 0.150. The molecule has 1 amide bonds. The molecule has 0 saturated heterocycles. The molecule has 1 unspecified atom stereocenters. The number of ether oxygens (including phenoxy) is 2. The number of methoxy groups -OCH3 is 2. The quantitative estimate of drug-likeness (QED) is 0.531. The molecule has 1 aliphatic heterocycles. The summed E-state index contributed by atoms with van der Waals surface area (Å²) in [5.74, 6) is 0.0612. The second kappa shape index (κ2) is 9.00. The summed E-state index contributed by atoms with van der Waals surface area (Å²) in [4.78, 5) is 25.1. The lowest BCUT2D eigenvalue weighted by molar-refractivity contribution is -0.136. The molecule has 0 bridgehead atoms. The molecule has 0 aliphatic carbocycles. The standard InChI is InChI=1S/C24H22BrN3O4/c1-14-11-20(29)26-23(21(14)24(30)32-3)17-13-28(16-7-5-4-6-8-16)27-22(17)15-9-10-19(31-2)18(25)12-15/h4-10,12-13,23H,11H2,1-3H3,(H,26,29). The molecule has 2 aromatic carbocycles. The number of hydrogen-bond acceptors (Lipinski definition) is 5. The maximum atomic E-state index is 12.6. The number of esters is 1. The molecule has 0 radical (unpaired) electrons. The van der Waals surface area contributed by atoms with Gasteiger partial charge in [0.05, 0.1) is 41.7 Å². The van der Waals surface area contributed by atoms with Gasteiger partial charge in [-0.15, -0.1) is 0 Å². The Morgan fingerprint density at radius 2 is 1.94 bits per heavy atom. The van der Waals surface area contributed by atoms with Gasteiger partial charge in [0.2, 0.25) is 5.91 Å². The van der Waals surface area contributed by atoms with Crippen molar-refractivity contribution in [3.05, 3.63) is 75.9 Å². The number of halogens is 1. The van der Waals surface area contributed by atoms with Gasteiger partial charge in [-0.3, -0.25) is 4.79 Å². The average molecular weight is 496 g/mol. The van der Waals surface area contributed by atoms with E-state index < -0.39 is 12.0 Å². The number of rotatable bonds is 5. The molecular formula is C24H22BrN3O4. The van der Waals surface area contributed by atoms with Gasteiger partial charge in [-0.05, 0) is 53.2 Å². The van der Waals surface area contributed by atoms with Crippen molar-refractivity contribution in [3.8, 4) is 22.7 Å². The number of para-hydroxylation sites is 1. The van der Waals surface area contributed by atoms with Gasteiger partial charge < -0.3 is 14.8 Å². The Bertz CT molecular complexity index is 1220. The topological polar surface area (TPSA) is 82.5 Å². The molecule has 3 aromatic rings. The van der Waals surface area contributed by atoms with Gasteiger partial charge in [-0.1, -0.05) is 23.8 Å². The lowest BCUT2D eigenvalue weighted by atomic mass is 9.89. The lowest BCUT2D eigenvalue weighted by Crippen LogP contribution is -2.37. The molecule has 1 atom stereocenters. The molecule has 4 rings (SSSR count). The Morgan fingerprint density at radius 1 is 1.19 bits per heavy atom. The summed E-state index contributed by atoms with van der Waals surface area (Å²) < 4.78 is 12.9. The van der Waals surface area contributed by atoms with Crippen LogP contribution in [0.4, 0.5) is 0 Å². The summed E-state index contributed by atoms with van der Waals surface area (Å²) in [6.45, 7) is 1.78. The molecular weight excluding hydrogens is 474 g/mol. The van der Waals surface area contributed by atoms with E-state index in [4.69, 9.17) is 14.6 Å². The highest BCUT2D eigenvalue weighted by Crippen LogP contribution is 2.38. The summed E-state index contributed by atoms with van der Waals surface area (Å²) in [6, 6.07) is 14.6. The van der Waals surface area contributed by atoms with E-state index in [0.717, 1.165) is 15.7 Å². The van der Waals surface area contributed by atoms with E-state index in [-0.39, 0.29) is 12.3 Å². The van der Waals surface area contributed by atoms with Gasteiger partial charge in [0.15, 0.2) is 0 Å². The molecule has 8 heteroatoms. The third kappa shape index (κ3) is 4.05. The van der Waals surface area contributed by atoms with Crippen molar-refractivity contribution in [2.75, 3.05) is 14.2 Å². The summed E-state index contributed by atoms with van der Waals surface area (Å²) in [7, 11) is 2.94. The van der Waals surface area contributed by atoms with Gasteiger partial charge >= 0.3 is 5.97 Å². The van der Waals surface area contributed by atoms with Crippen LogP contribution in [0.3, 0.4) is 0 Å². The van der Waals surface area contributed by atoms with Gasteiger partial charge in [0.1, 0.15) is 5.75 Å². The zero-order valence-corrected chi connectivity index (χ0v) is 19.5. The van der Waals surface area contributed by atoms with E-state index in [0.29, 0.717) is 28.2 Å². The first-order valence-corrected chi connectivity index (χ1v) is 10.8. The molecule has 1 aromatic heterocycles. The van der Waals surface area contributed by atoms with Crippen molar-refractivity contribution in [3.63, 3.8) is 0 Å². The first kappa shape index (κ1) is 21.8. The van der Waals surface area contributed by atoms with E-state index in [9.17, 15) is 9.59 Å². The second-order valence-corrected chi connectivity index (χ2v) is 8.28. The number of carbonyl (C=O) groups is 2. The normalized spacial score (nSPS) is 16.0. The number of nitrogens with one attached hydrogen (secondary N) is 1. The largest absolute Gasteiger partial charge is 0.496 e. The fraction of sp³-hybridized carbons (Fsp3) is 0.208. The first-order valence-electron chi connectivity index (χ1n) is 9.99.